The van der Waals surface area contributed by atoms with E-state index in [0.29, 0.717) is 18.8 Å². The number of nitrogens with zero attached hydrogens (tertiary/aromatic N) is 4. The number of cyclic esters (lactones) is 1. The Balaban J connectivity index is 1.49. The van der Waals surface area contributed by atoms with Crippen molar-refractivity contribution in [1.29, 1.82) is 0 Å². The van der Waals surface area contributed by atoms with Crippen molar-refractivity contribution >= 4 is 17.7 Å². The van der Waals surface area contributed by atoms with Crippen LogP contribution in [0.25, 0.3) is 11.1 Å². The second kappa shape index (κ2) is 7.41. The second-order valence-corrected chi connectivity index (χ2v) is 6.33. The molecule has 3 aromatic rings. The molecule has 0 spiro atoms. The summed E-state index contributed by atoms with van der Waals surface area (Å²) in [6.07, 6.45) is -0.773. The highest BCUT2D eigenvalue weighted by Gasteiger charge is 2.32. The molecule has 2 N–H and O–H groups in total. The molecule has 0 radical (unpaired) electrons. The van der Waals surface area contributed by atoms with Crippen LogP contribution < -0.4 is 10.6 Å². The predicted molar refractivity (Wildman–Crippen MR) is 96.3 cm³/mol. The molecular weight excluding hydrogens is 389 g/mol. The number of alkyl carbamates (subject to hydrolysis) is 1. The fourth-order valence-corrected chi connectivity index (χ4v) is 2.84. The molecule has 1 aliphatic heterocycles. The van der Waals surface area contributed by atoms with Crippen LogP contribution >= 0.6 is 0 Å². The summed E-state index contributed by atoms with van der Waals surface area (Å²) in [7, 11) is 0. The Morgan fingerprint density at radius 3 is 2.90 bits per heavy atom. The van der Waals surface area contributed by atoms with Gasteiger partial charge in [-0.15, -0.1) is 0 Å². The van der Waals surface area contributed by atoms with Gasteiger partial charge in [-0.1, -0.05) is 12.1 Å². The van der Waals surface area contributed by atoms with E-state index in [1.807, 2.05) is 6.07 Å². The van der Waals surface area contributed by atoms with E-state index in [-0.39, 0.29) is 12.1 Å². The van der Waals surface area contributed by atoms with E-state index in [1.54, 1.807) is 35.3 Å². The van der Waals surface area contributed by atoms with Crippen molar-refractivity contribution in [3.05, 3.63) is 54.6 Å². The van der Waals surface area contributed by atoms with Crippen LogP contribution in [0.5, 0.6) is 0 Å². The predicted octanol–water partition coefficient (Wildman–Crippen LogP) is 3.21. The average molecular weight is 404 g/mol. The molecule has 1 saturated heterocycles. The van der Waals surface area contributed by atoms with Gasteiger partial charge in [0.15, 0.2) is 0 Å². The van der Waals surface area contributed by atoms with Crippen molar-refractivity contribution in [2.75, 3.05) is 11.9 Å². The molecule has 1 amide bonds. The van der Waals surface area contributed by atoms with Gasteiger partial charge in [-0.25, -0.2) is 14.8 Å². The van der Waals surface area contributed by atoms with E-state index in [0.717, 1.165) is 23.4 Å². The molecule has 1 unspecified atom stereocenters. The lowest BCUT2D eigenvalue weighted by atomic mass is 10.1. The number of carbonyl (C=O) groups is 1. The smallest absolute Gasteiger partial charge is 0.433 e. The van der Waals surface area contributed by atoms with E-state index in [1.165, 1.54) is 0 Å². The lowest BCUT2D eigenvalue weighted by Gasteiger charge is -2.09. The molecule has 0 bridgehead atoms. The van der Waals surface area contributed by atoms with E-state index < -0.39 is 18.0 Å². The zero-order valence-corrected chi connectivity index (χ0v) is 14.8. The Hall–Kier alpha value is -3.63. The van der Waals surface area contributed by atoms with Crippen LogP contribution in [0.3, 0.4) is 0 Å². The van der Waals surface area contributed by atoms with Crippen molar-refractivity contribution in [1.82, 2.24) is 25.1 Å². The molecule has 11 heteroatoms. The molecule has 2 aromatic heterocycles. The minimum absolute atomic E-state index is 0.150. The van der Waals surface area contributed by atoms with Gasteiger partial charge >= 0.3 is 12.3 Å². The Kier molecular flexibility index (Phi) is 4.79. The number of nitrogens with one attached hydrogen (secondary N) is 2. The number of rotatable bonds is 5. The van der Waals surface area contributed by atoms with Gasteiger partial charge in [0.1, 0.15) is 11.8 Å². The average Bonchev–Trinajstić information content (AvgIpc) is 3.31. The number of aromatic nitrogens is 4. The Morgan fingerprint density at radius 2 is 2.14 bits per heavy atom. The van der Waals surface area contributed by atoms with Crippen molar-refractivity contribution in [2.24, 2.45) is 0 Å². The van der Waals surface area contributed by atoms with Crippen LogP contribution in [-0.2, 0) is 17.5 Å². The van der Waals surface area contributed by atoms with E-state index in [4.69, 9.17) is 4.74 Å². The Labute approximate surface area is 162 Å². The maximum atomic E-state index is 12.8. The summed E-state index contributed by atoms with van der Waals surface area (Å²) in [5.74, 6) is -0.150. The fourth-order valence-electron chi connectivity index (χ4n) is 2.84. The lowest BCUT2D eigenvalue weighted by molar-refractivity contribution is -0.141. The molecule has 1 aromatic carbocycles. The normalized spacial score (nSPS) is 16.4. The van der Waals surface area contributed by atoms with Crippen molar-refractivity contribution in [2.45, 2.75) is 18.8 Å². The number of carbonyl (C=O) groups excluding carboxylic acids is 1. The highest BCUT2D eigenvalue weighted by atomic mass is 19.4. The van der Waals surface area contributed by atoms with E-state index >= 15 is 0 Å². The van der Waals surface area contributed by atoms with Crippen molar-refractivity contribution in [3.8, 4) is 11.1 Å². The van der Waals surface area contributed by atoms with Crippen molar-refractivity contribution in [3.63, 3.8) is 0 Å². The van der Waals surface area contributed by atoms with Gasteiger partial charge in [0.05, 0.1) is 19.3 Å². The maximum absolute atomic E-state index is 12.8. The number of hydrogen-bond donors (Lipinski definition) is 2. The van der Waals surface area contributed by atoms with Crippen LogP contribution in [-0.4, -0.2) is 38.5 Å². The summed E-state index contributed by atoms with van der Waals surface area (Å²) in [5, 5.41) is 9.62. The van der Waals surface area contributed by atoms with Crippen LogP contribution in [0.1, 0.15) is 5.69 Å². The zero-order chi connectivity index (χ0) is 20.4. The summed E-state index contributed by atoms with van der Waals surface area (Å²) in [5.41, 5.74) is 1.11. The largest absolute Gasteiger partial charge is 0.442 e. The Bertz CT molecular complexity index is 1040. The minimum atomic E-state index is -4.54. The summed E-state index contributed by atoms with van der Waals surface area (Å²) in [6, 6.07) is 7.86. The molecule has 3 heterocycles. The van der Waals surface area contributed by atoms with Crippen LogP contribution in [0.15, 0.2) is 48.9 Å². The molecule has 0 saturated carbocycles. The highest BCUT2D eigenvalue weighted by molar-refractivity contribution is 5.69. The summed E-state index contributed by atoms with van der Waals surface area (Å²) in [4.78, 5) is 18.4. The number of hydrogen-bond acceptors (Lipinski definition) is 6. The first kappa shape index (κ1) is 18.7. The summed E-state index contributed by atoms with van der Waals surface area (Å²) < 4.78 is 45.2. The second-order valence-electron chi connectivity index (χ2n) is 6.33. The topological polar surface area (TPSA) is 94.0 Å². The van der Waals surface area contributed by atoms with Gasteiger partial charge in [-0.3, -0.25) is 4.68 Å². The third-order valence-corrected chi connectivity index (χ3v) is 4.17. The van der Waals surface area contributed by atoms with Crippen LogP contribution in [0, 0.1) is 0 Å². The first-order chi connectivity index (χ1) is 13.9. The number of alkyl halides is 3. The molecule has 1 fully saturated rings. The zero-order valence-electron chi connectivity index (χ0n) is 14.8. The number of benzene rings is 1. The SMILES string of the molecule is O=C1NCC(Cn2cc(-c3cccc(Nc4nccc(C(F)(F)F)n4)c3)cn2)O1. The quantitative estimate of drug-likeness (QED) is 0.678. The van der Waals surface area contributed by atoms with Gasteiger partial charge in [-0.2, -0.15) is 18.3 Å². The van der Waals surface area contributed by atoms with Crippen molar-refractivity contribution < 1.29 is 22.7 Å². The molecule has 8 nitrogen and oxygen atoms in total. The number of amides is 1. The number of ether oxygens (including phenoxy) is 1. The molecule has 0 aliphatic carbocycles. The molecule has 29 heavy (non-hydrogen) atoms. The third-order valence-electron chi connectivity index (χ3n) is 4.17. The summed E-state index contributed by atoms with van der Waals surface area (Å²) in [6.45, 7) is 0.833. The van der Waals surface area contributed by atoms with Gasteiger partial charge < -0.3 is 15.4 Å². The molecule has 150 valence electrons. The van der Waals surface area contributed by atoms with E-state index in [9.17, 15) is 18.0 Å². The molecule has 1 aliphatic rings. The standard InChI is InChI=1S/C18H15F3N6O2/c19-18(20,21)15-4-5-22-16(26-15)25-13-3-1-2-11(6-13)12-7-24-27(9-12)10-14-8-23-17(28)29-14/h1-7,9,14H,8,10H2,(H,23,28)(H,22,25,26). The fraction of sp³-hybridized carbons (Fsp3) is 0.222. The molecule has 4 rings (SSSR count). The van der Waals surface area contributed by atoms with Gasteiger partial charge in [0, 0.05) is 23.6 Å². The molecule has 1 atom stereocenters. The van der Waals surface area contributed by atoms with Gasteiger partial charge in [0.25, 0.3) is 0 Å². The van der Waals surface area contributed by atoms with E-state index in [2.05, 4.69) is 25.7 Å². The van der Waals surface area contributed by atoms with Gasteiger partial charge in [-0.05, 0) is 23.8 Å². The minimum Gasteiger partial charge on any atom is -0.442 e. The first-order valence-electron chi connectivity index (χ1n) is 8.61. The van der Waals surface area contributed by atoms with Gasteiger partial charge in [0.2, 0.25) is 5.95 Å². The number of anilines is 2. The third kappa shape index (κ3) is 4.45. The monoisotopic (exact) mass is 404 g/mol. The Morgan fingerprint density at radius 1 is 1.28 bits per heavy atom. The lowest BCUT2D eigenvalue weighted by Crippen LogP contribution is -2.20. The van der Waals surface area contributed by atoms with Crippen LogP contribution in [0.2, 0.25) is 0 Å². The maximum Gasteiger partial charge on any atom is 0.433 e. The molecular formula is C18H15F3N6O2. The summed E-state index contributed by atoms with van der Waals surface area (Å²) >= 11 is 0. The highest BCUT2D eigenvalue weighted by Crippen LogP contribution is 2.28. The van der Waals surface area contributed by atoms with Crippen LogP contribution in [0.4, 0.5) is 29.6 Å². The first-order valence-corrected chi connectivity index (χ1v) is 8.61. The number of halogens is 3.